The van der Waals surface area contributed by atoms with Crippen molar-refractivity contribution in [1.29, 1.82) is 0 Å². The Hall–Kier alpha value is -2.91. The quantitative estimate of drug-likeness (QED) is 0.650. The second-order valence-electron chi connectivity index (χ2n) is 7.60. The molecule has 8 nitrogen and oxygen atoms in total. The topological polar surface area (TPSA) is 110 Å². The van der Waals surface area contributed by atoms with E-state index in [-0.39, 0.29) is 21.7 Å². The molecule has 32 heavy (non-hydrogen) atoms. The number of nitrogens with zero attached hydrogens (tertiary/aromatic N) is 2. The van der Waals surface area contributed by atoms with Gasteiger partial charge in [-0.2, -0.15) is 4.31 Å². The van der Waals surface area contributed by atoms with Crippen LogP contribution in [0.3, 0.4) is 0 Å². The number of rotatable bonds is 8. The molecule has 0 spiro atoms. The molecule has 1 heterocycles. The van der Waals surface area contributed by atoms with E-state index in [1.165, 1.54) is 34.6 Å². The summed E-state index contributed by atoms with van der Waals surface area (Å²) in [6.07, 6.45) is 3.06. The van der Waals surface area contributed by atoms with Crippen molar-refractivity contribution < 1.29 is 23.1 Å². The molecule has 1 fully saturated rings. The molecule has 3 rings (SSSR count). The lowest BCUT2D eigenvalue weighted by atomic mass is 10.1. The Morgan fingerprint density at radius 1 is 1.00 bits per heavy atom. The number of benzene rings is 2. The van der Waals surface area contributed by atoms with Gasteiger partial charge in [0.05, 0.1) is 22.1 Å². The number of hydrogen-bond acceptors (Lipinski definition) is 6. The van der Waals surface area contributed by atoms with Crippen molar-refractivity contribution in [2.24, 2.45) is 0 Å². The standard InChI is InChI=1S/C23H29N3O5S/c1-3-26(4-2)32(30,31)17-12-13-21(25-14-8-5-9-15-25)19(16-17)22(27)24-20-11-7-6-10-18(20)23(28)29/h6-7,10-13,16H,3-5,8-9,14-15H2,1-2H3,(H,24,27)(H,28,29)/p-1. The molecule has 2 aromatic carbocycles. The molecule has 0 aliphatic carbocycles. The Kier molecular flexibility index (Phi) is 7.52. The molecule has 172 valence electrons. The summed E-state index contributed by atoms with van der Waals surface area (Å²) in [5.74, 6) is -1.98. The van der Waals surface area contributed by atoms with Gasteiger partial charge in [-0.15, -0.1) is 0 Å². The fourth-order valence-electron chi connectivity index (χ4n) is 3.94. The summed E-state index contributed by atoms with van der Waals surface area (Å²) < 4.78 is 27.4. The average Bonchev–Trinajstić information content (AvgIpc) is 2.80. The maximum absolute atomic E-state index is 13.3. The van der Waals surface area contributed by atoms with Gasteiger partial charge in [0.2, 0.25) is 10.0 Å². The van der Waals surface area contributed by atoms with Gasteiger partial charge >= 0.3 is 0 Å². The van der Waals surface area contributed by atoms with Crippen molar-refractivity contribution in [1.82, 2.24) is 4.31 Å². The molecular weight excluding hydrogens is 430 g/mol. The zero-order valence-electron chi connectivity index (χ0n) is 18.3. The molecule has 1 N–H and O–H groups in total. The molecular formula is C23H28N3O5S-. The van der Waals surface area contributed by atoms with E-state index in [0.29, 0.717) is 18.8 Å². The molecule has 1 aliphatic rings. The summed E-state index contributed by atoms with van der Waals surface area (Å²) >= 11 is 0. The average molecular weight is 459 g/mol. The number of amides is 1. The van der Waals surface area contributed by atoms with Crippen LogP contribution in [0, 0.1) is 0 Å². The fraction of sp³-hybridized carbons (Fsp3) is 0.391. The smallest absolute Gasteiger partial charge is 0.257 e. The number of carboxylic acid groups (broad SMARTS) is 1. The lowest BCUT2D eigenvalue weighted by Gasteiger charge is -2.31. The van der Waals surface area contributed by atoms with Crippen molar-refractivity contribution in [3.63, 3.8) is 0 Å². The van der Waals surface area contributed by atoms with Crippen LogP contribution in [0.15, 0.2) is 47.4 Å². The number of hydrogen-bond donors (Lipinski definition) is 1. The third-order valence-electron chi connectivity index (χ3n) is 5.65. The van der Waals surface area contributed by atoms with Crippen LogP contribution in [0.4, 0.5) is 11.4 Å². The highest BCUT2D eigenvalue weighted by Gasteiger charge is 2.26. The first-order valence-electron chi connectivity index (χ1n) is 10.8. The van der Waals surface area contributed by atoms with Crippen LogP contribution in [-0.2, 0) is 10.0 Å². The van der Waals surface area contributed by atoms with E-state index < -0.39 is 21.9 Å². The van der Waals surface area contributed by atoms with Crippen molar-refractivity contribution in [2.45, 2.75) is 38.0 Å². The van der Waals surface area contributed by atoms with Crippen LogP contribution in [0.1, 0.15) is 53.8 Å². The van der Waals surface area contributed by atoms with Crippen LogP contribution >= 0.6 is 0 Å². The first-order valence-corrected chi connectivity index (χ1v) is 12.2. The molecule has 0 aromatic heterocycles. The number of sulfonamides is 1. The van der Waals surface area contributed by atoms with Gasteiger partial charge in [0, 0.05) is 37.4 Å². The second kappa shape index (κ2) is 10.1. The summed E-state index contributed by atoms with van der Waals surface area (Å²) in [6, 6.07) is 10.5. The van der Waals surface area contributed by atoms with E-state index in [4.69, 9.17) is 0 Å². The maximum Gasteiger partial charge on any atom is 0.257 e. The molecule has 0 bridgehead atoms. The highest BCUT2D eigenvalue weighted by molar-refractivity contribution is 7.89. The lowest BCUT2D eigenvalue weighted by molar-refractivity contribution is -0.254. The Labute approximate surface area is 188 Å². The molecule has 0 atom stereocenters. The largest absolute Gasteiger partial charge is 0.545 e. The van der Waals surface area contributed by atoms with Gasteiger partial charge in [0.25, 0.3) is 5.91 Å². The Morgan fingerprint density at radius 3 is 2.28 bits per heavy atom. The fourth-order valence-corrected chi connectivity index (χ4v) is 5.43. The number of nitrogens with one attached hydrogen (secondary N) is 1. The minimum atomic E-state index is -3.77. The van der Waals surface area contributed by atoms with Gasteiger partial charge in [-0.25, -0.2) is 8.42 Å². The minimum absolute atomic E-state index is 0.0281. The third-order valence-corrected chi connectivity index (χ3v) is 7.69. The van der Waals surface area contributed by atoms with Gasteiger partial charge in [-0.05, 0) is 43.5 Å². The van der Waals surface area contributed by atoms with E-state index in [9.17, 15) is 23.1 Å². The highest BCUT2D eigenvalue weighted by atomic mass is 32.2. The van der Waals surface area contributed by atoms with E-state index in [1.807, 2.05) is 0 Å². The molecule has 1 aliphatic heterocycles. The summed E-state index contributed by atoms with van der Waals surface area (Å²) in [5, 5.41) is 14.1. The first-order chi connectivity index (χ1) is 15.3. The van der Waals surface area contributed by atoms with Crippen LogP contribution < -0.4 is 15.3 Å². The monoisotopic (exact) mass is 458 g/mol. The van der Waals surface area contributed by atoms with Gasteiger partial charge in [-0.3, -0.25) is 4.79 Å². The lowest BCUT2D eigenvalue weighted by Crippen LogP contribution is -2.33. The SMILES string of the molecule is CCN(CC)S(=O)(=O)c1ccc(N2CCCCC2)c(C(=O)Nc2ccccc2C(=O)[O-])c1. The molecule has 1 amide bonds. The summed E-state index contributed by atoms with van der Waals surface area (Å²) in [6.45, 7) is 5.66. The summed E-state index contributed by atoms with van der Waals surface area (Å²) in [5.41, 5.74) is 0.770. The van der Waals surface area contributed by atoms with Crippen LogP contribution in [0.5, 0.6) is 0 Å². The Bertz CT molecular complexity index is 1090. The zero-order valence-corrected chi connectivity index (χ0v) is 19.2. The number of piperidine rings is 1. The van der Waals surface area contributed by atoms with E-state index in [2.05, 4.69) is 10.2 Å². The first kappa shape index (κ1) is 23.7. The van der Waals surface area contributed by atoms with E-state index in [1.54, 1.807) is 26.0 Å². The molecule has 9 heteroatoms. The van der Waals surface area contributed by atoms with E-state index >= 15 is 0 Å². The zero-order chi connectivity index (χ0) is 23.3. The van der Waals surface area contributed by atoms with Crippen molar-refractivity contribution >= 4 is 33.3 Å². The predicted octanol–water partition coefficient (Wildman–Crippen LogP) is 2.32. The van der Waals surface area contributed by atoms with Crippen molar-refractivity contribution in [2.75, 3.05) is 36.4 Å². The number of carbonyl (C=O) groups excluding carboxylic acids is 2. The maximum atomic E-state index is 13.3. The second-order valence-corrected chi connectivity index (χ2v) is 9.54. The third kappa shape index (κ3) is 4.94. The Balaban J connectivity index is 2.06. The van der Waals surface area contributed by atoms with Gasteiger partial charge in [0.15, 0.2) is 0 Å². The highest BCUT2D eigenvalue weighted by Crippen LogP contribution is 2.29. The summed E-state index contributed by atoms with van der Waals surface area (Å²) in [4.78, 5) is 26.8. The molecule has 0 unspecified atom stereocenters. The number of carbonyl (C=O) groups is 2. The van der Waals surface area contributed by atoms with Crippen LogP contribution in [0.2, 0.25) is 0 Å². The predicted molar refractivity (Wildman–Crippen MR) is 121 cm³/mol. The van der Waals surface area contributed by atoms with Gasteiger partial charge in [0.1, 0.15) is 0 Å². The number of aromatic carboxylic acids is 1. The normalized spacial score (nSPS) is 14.4. The molecule has 2 aromatic rings. The number of para-hydroxylation sites is 1. The minimum Gasteiger partial charge on any atom is -0.545 e. The van der Waals surface area contributed by atoms with Crippen molar-refractivity contribution in [3.8, 4) is 0 Å². The summed E-state index contributed by atoms with van der Waals surface area (Å²) in [7, 11) is -3.77. The van der Waals surface area contributed by atoms with Crippen LogP contribution in [-0.4, -0.2) is 50.8 Å². The Morgan fingerprint density at radius 2 is 1.66 bits per heavy atom. The van der Waals surface area contributed by atoms with Crippen molar-refractivity contribution in [3.05, 3.63) is 53.6 Å². The number of anilines is 2. The van der Waals surface area contributed by atoms with Gasteiger partial charge < -0.3 is 20.1 Å². The molecule has 1 saturated heterocycles. The molecule has 0 radical (unpaired) electrons. The van der Waals surface area contributed by atoms with Crippen LogP contribution in [0.25, 0.3) is 0 Å². The number of carboxylic acids is 1. The molecule has 0 saturated carbocycles. The van der Waals surface area contributed by atoms with Gasteiger partial charge in [-0.1, -0.05) is 32.0 Å². The van der Waals surface area contributed by atoms with E-state index in [0.717, 1.165) is 32.4 Å².